The average Bonchev–Trinajstić information content (AvgIpc) is 3.23. The number of nitrogens with zero attached hydrogens (tertiary/aromatic N) is 6. The quantitative estimate of drug-likeness (QED) is 0.489. The third-order valence-electron chi connectivity index (χ3n) is 5.84. The minimum Gasteiger partial charge on any atom is -0.373 e. The van der Waals surface area contributed by atoms with Crippen LogP contribution in [0.2, 0.25) is 0 Å². The number of aryl methyl sites for hydroxylation is 1. The predicted octanol–water partition coefficient (Wildman–Crippen LogP) is 2.54. The van der Waals surface area contributed by atoms with Gasteiger partial charge in [-0.1, -0.05) is 12.1 Å². The summed E-state index contributed by atoms with van der Waals surface area (Å²) in [6.07, 6.45) is 3.55. The SMILES string of the molecule is Cc1cc(Cn2c(=O)n3ncnc3c3cc(CN4CC(C)OC(C)C4)cnc32)ccc1F. The summed E-state index contributed by atoms with van der Waals surface area (Å²) in [6.45, 7) is 8.57. The van der Waals surface area contributed by atoms with E-state index in [1.54, 1.807) is 23.6 Å². The van der Waals surface area contributed by atoms with Gasteiger partial charge in [-0.15, -0.1) is 0 Å². The summed E-state index contributed by atoms with van der Waals surface area (Å²) in [5.41, 5.74) is 3.06. The van der Waals surface area contributed by atoms with Crippen molar-refractivity contribution in [2.75, 3.05) is 13.1 Å². The van der Waals surface area contributed by atoms with Crippen molar-refractivity contribution in [3.8, 4) is 0 Å². The van der Waals surface area contributed by atoms with Gasteiger partial charge in [0.05, 0.1) is 24.1 Å². The molecule has 3 aromatic heterocycles. The van der Waals surface area contributed by atoms with Gasteiger partial charge >= 0.3 is 5.69 Å². The number of hydrogen-bond acceptors (Lipinski definition) is 6. The minimum atomic E-state index is -0.331. The predicted molar refractivity (Wildman–Crippen MR) is 118 cm³/mol. The fraction of sp³-hybridized carbons (Fsp3) is 0.391. The molecular formula is C23H25FN6O2. The number of benzene rings is 1. The Balaban J connectivity index is 1.57. The Labute approximate surface area is 184 Å². The molecule has 0 aliphatic carbocycles. The van der Waals surface area contributed by atoms with Crippen LogP contribution in [0.4, 0.5) is 4.39 Å². The van der Waals surface area contributed by atoms with E-state index in [4.69, 9.17) is 4.74 Å². The zero-order valence-corrected chi connectivity index (χ0v) is 18.3. The zero-order valence-electron chi connectivity index (χ0n) is 18.3. The first-order valence-electron chi connectivity index (χ1n) is 10.7. The number of ether oxygens (including phenoxy) is 1. The summed E-state index contributed by atoms with van der Waals surface area (Å²) in [4.78, 5) is 24.4. The molecule has 0 N–H and O–H groups in total. The molecule has 2 atom stereocenters. The van der Waals surface area contributed by atoms with Crippen LogP contribution in [-0.2, 0) is 17.8 Å². The van der Waals surface area contributed by atoms with Crippen LogP contribution in [0.15, 0.2) is 41.6 Å². The van der Waals surface area contributed by atoms with Crippen LogP contribution < -0.4 is 5.69 Å². The zero-order chi connectivity index (χ0) is 22.4. The number of halogens is 1. The average molecular weight is 436 g/mol. The topological polar surface area (TPSA) is 77.5 Å². The molecule has 2 unspecified atom stereocenters. The standard InChI is InChI=1S/C23H25FN6O2/c1-14-6-17(4-5-20(14)24)12-29-21-19(22-26-13-27-30(22)23(29)31)7-18(8-25-21)11-28-9-15(2)32-16(3)10-28/h4-8,13,15-16H,9-12H2,1-3H3. The van der Waals surface area contributed by atoms with Crippen LogP contribution in [0.3, 0.4) is 0 Å². The number of aromatic nitrogens is 5. The number of morpholine rings is 1. The molecule has 1 saturated heterocycles. The molecular weight excluding hydrogens is 411 g/mol. The van der Waals surface area contributed by atoms with Gasteiger partial charge in [0.15, 0.2) is 5.65 Å². The molecule has 0 amide bonds. The molecule has 8 nitrogen and oxygen atoms in total. The molecule has 0 bridgehead atoms. The van der Waals surface area contributed by atoms with E-state index in [2.05, 4.69) is 33.8 Å². The molecule has 9 heteroatoms. The van der Waals surface area contributed by atoms with Crippen molar-refractivity contribution in [2.24, 2.45) is 0 Å². The van der Waals surface area contributed by atoms with Crippen molar-refractivity contribution in [3.63, 3.8) is 0 Å². The maximum absolute atomic E-state index is 13.7. The molecule has 0 radical (unpaired) electrons. The van der Waals surface area contributed by atoms with Crippen LogP contribution in [0, 0.1) is 12.7 Å². The largest absolute Gasteiger partial charge is 0.373 e. The molecule has 0 saturated carbocycles. The van der Waals surface area contributed by atoms with Gasteiger partial charge in [-0.05, 0) is 49.6 Å². The first-order chi connectivity index (χ1) is 15.4. The Bertz CT molecular complexity index is 1350. The molecule has 4 heterocycles. The second kappa shape index (κ2) is 8.07. The van der Waals surface area contributed by atoms with Crippen molar-refractivity contribution >= 4 is 16.7 Å². The van der Waals surface area contributed by atoms with E-state index in [9.17, 15) is 9.18 Å². The number of rotatable bonds is 4. The van der Waals surface area contributed by atoms with Gasteiger partial charge in [-0.3, -0.25) is 9.47 Å². The van der Waals surface area contributed by atoms with Crippen LogP contribution in [0.1, 0.15) is 30.5 Å². The smallest absolute Gasteiger partial charge is 0.352 e. The van der Waals surface area contributed by atoms with Crippen LogP contribution in [0.25, 0.3) is 16.7 Å². The van der Waals surface area contributed by atoms with E-state index in [1.807, 2.05) is 12.3 Å². The van der Waals surface area contributed by atoms with Crippen molar-refractivity contribution < 1.29 is 9.13 Å². The molecule has 1 fully saturated rings. The number of hydrogen-bond donors (Lipinski definition) is 0. The van der Waals surface area contributed by atoms with Crippen LogP contribution in [-0.4, -0.2) is 54.3 Å². The van der Waals surface area contributed by atoms with E-state index < -0.39 is 0 Å². The third-order valence-corrected chi connectivity index (χ3v) is 5.84. The van der Waals surface area contributed by atoms with Gasteiger partial charge in [0.25, 0.3) is 0 Å². The molecule has 5 rings (SSSR count). The first-order valence-corrected chi connectivity index (χ1v) is 10.7. The first kappa shape index (κ1) is 20.7. The highest BCUT2D eigenvalue weighted by atomic mass is 19.1. The molecule has 4 aromatic rings. The van der Waals surface area contributed by atoms with Crippen molar-refractivity contribution in [1.82, 2.24) is 29.0 Å². The molecule has 0 spiro atoms. The Morgan fingerprint density at radius 3 is 2.59 bits per heavy atom. The summed E-state index contributed by atoms with van der Waals surface area (Å²) in [6, 6.07) is 6.88. The van der Waals surface area contributed by atoms with E-state index in [1.165, 1.54) is 16.9 Å². The number of pyridine rings is 1. The molecule has 1 aromatic carbocycles. The lowest BCUT2D eigenvalue weighted by molar-refractivity contribution is -0.0705. The highest BCUT2D eigenvalue weighted by Gasteiger charge is 2.23. The lowest BCUT2D eigenvalue weighted by atomic mass is 10.1. The second-order valence-corrected chi connectivity index (χ2v) is 8.61. The normalized spacial score (nSPS) is 19.8. The van der Waals surface area contributed by atoms with Gasteiger partial charge in [0, 0.05) is 25.8 Å². The summed E-state index contributed by atoms with van der Waals surface area (Å²) < 4.78 is 22.4. The highest BCUT2D eigenvalue weighted by molar-refractivity contribution is 5.89. The van der Waals surface area contributed by atoms with Gasteiger partial charge in [-0.25, -0.2) is 19.2 Å². The third kappa shape index (κ3) is 3.78. The molecule has 166 valence electrons. The van der Waals surface area contributed by atoms with E-state index in [0.717, 1.165) is 36.1 Å². The monoisotopic (exact) mass is 436 g/mol. The van der Waals surface area contributed by atoms with Gasteiger partial charge in [0.1, 0.15) is 17.8 Å². The summed E-state index contributed by atoms with van der Waals surface area (Å²) >= 11 is 0. The second-order valence-electron chi connectivity index (χ2n) is 8.61. The Kier molecular flexibility index (Phi) is 5.22. The van der Waals surface area contributed by atoms with Crippen molar-refractivity contribution in [2.45, 2.75) is 46.1 Å². The fourth-order valence-corrected chi connectivity index (χ4v) is 4.54. The highest BCUT2D eigenvalue weighted by Crippen LogP contribution is 2.20. The lowest BCUT2D eigenvalue weighted by Crippen LogP contribution is -2.44. The minimum absolute atomic E-state index is 0.180. The molecule has 1 aliphatic heterocycles. The Hall–Kier alpha value is -3.17. The summed E-state index contributed by atoms with van der Waals surface area (Å²) in [7, 11) is 0. The fourth-order valence-electron chi connectivity index (χ4n) is 4.54. The summed E-state index contributed by atoms with van der Waals surface area (Å²) in [5, 5.41) is 4.88. The molecule has 1 aliphatic rings. The lowest BCUT2D eigenvalue weighted by Gasteiger charge is -2.35. The summed E-state index contributed by atoms with van der Waals surface area (Å²) in [5.74, 6) is -0.271. The van der Waals surface area contributed by atoms with Crippen LogP contribution >= 0.6 is 0 Å². The Morgan fingerprint density at radius 2 is 1.84 bits per heavy atom. The van der Waals surface area contributed by atoms with Gasteiger partial charge < -0.3 is 4.74 Å². The van der Waals surface area contributed by atoms with Crippen LogP contribution in [0.5, 0.6) is 0 Å². The maximum Gasteiger partial charge on any atom is 0.352 e. The molecule has 32 heavy (non-hydrogen) atoms. The maximum atomic E-state index is 13.7. The van der Waals surface area contributed by atoms with Crippen molar-refractivity contribution in [1.29, 1.82) is 0 Å². The van der Waals surface area contributed by atoms with E-state index in [0.29, 0.717) is 16.9 Å². The number of fused-ring (bicyclic) bond motifs is 3. The van der Waals surface area contributed by atoms with E-state index >= 15 is 0 Å². The van der Waals surface area contributed by atoms with Crippen molar-refractivity contribution in [3.05, 3.63) is 69.8 Å². The Morgan fingerprint density at radius 1 is 1.06 bits per heavy atom. The van der Waals surface area contributed by atoms with Gasteiger partial charge in [0.2, 0.25) is 0 Å². The van der Waals surface area contributed by atoms with E-state index in [-0.39, 0.29) is 30.3 Å². The van der Waals surface area contributed by atoms with Gasteiger partial charge in [-0.2, -0.15) is 9.61 Å².